The fraction of sp³-hybridized carbons (Fsp3) is 0.222. The summed E-state index contributed by atoms with van der Waals surface area (Å²) >= 11 is 9.57. The van der Waals surface area contributed by atoms with Crippen LogP contribution in [0.1, 0.15) is 21.4 Å². The third-order valence-electron chi connectivity index (χ3n) is 4.26. The van der Waals surface area contributed by atoms with Crippen LogP contribution in [0.2, 0.25) is 5.15 Å². The van der Waals surface area contributed by atoms with Gasteiger partial charge in [0.15, 0.2) is 5.15 Å². The monoisotopic (exact) mass is 389 g/mol. The van der Waals surface area contributed by atoms with Crippen LogP contribution in [0.25, 0.3) is 0 Å². The average Bonchev–Trinajstić information content (AvgIpc) is 3.28. The standard InChI is InChI=1S/C18H16ClN3OS2/c19-18-13(3-1-7-20-18)21-16(23)11-22-8-5-14-12(6-10-25-14)17(22)15-4-2-9-24-15/h1-4,6-7,9-10,17H,5,8,11H2,(H,21,23)/t17-/m1/s1. The van der Waals surface area contributed by atoms with Gasteiger partial charge in [-0.25, -0.2) is 4.98 Å². The number of thiophene rings is 2. The zero-order valence-corrected chi connectivity index (χ0v) is 15.7. The Balaban J connectivity index is 1.55. The number of rotatable bonds is 4. The lowest BCUT2D eigenvalue weighted by atomic mass is 9.98. The summed E-state index contributed by atoms with van der Waals surface area (Å²) in [6, 6.07) is 10.1. The molecule has 0 aromatic carbocycles. The SMILES string of the molecule is O=C(CN1CCc2sccc2[C@@H]1c1cccs1)Nc1cccnc1Cl. The first kappa shape index (κ1) is 16.7. The number of fused-ring (bicyclic) bond motifs is 1. The number of pyridine rings is 1. The molecule has 1 aliphatic heterocycles. The molecule has 128 valence electrons. The lowest BCUT2D eigenvalue weighted by Crippen LogP contribution is -2.40. The molecular weight excluding hydrogens is 374 g/mol. The Kier molecular flexibility index (Phi) is 4.85. The van der Waals surface area contributed by atoms with E-state index in [4.69, 9.17) is 11.6 Å². The molecular formula is C18H16ClN3OS2. The van der Waals surface area contributed by atoms with E-state index >= 15 is 0 Å². The predicted octanol–water partition coefficient (Wildman–Crippen LogP) is 4.44. The van der Waals surface area contributed by atoms with Crippen LogP contribution in [-0.4, -0.2) is 28.9 Å². The molecule has 0 unspecified atom stereocenters. The van der Waals surface area contributed by atoms with E-state index in [0.29, 0.717) is 17.4 Å². The molecule has 0 aliphatic carbocycles. The second-order valence-electron chi connectivity index (χ2n) is 5.83. The smallest absolute Gasteiger partial charge is 0.238 e. The lowest BCUT2D eigenvalue weighted by molar-refractivity contribution is -0.117. The first-order valence-corrected chi connectivity index (χ1v) is 10.1. The van der Waals surface area contributed by atoms with Crippen LogP contribution in [0.15, 0.2) is 47.3 Å². The molecule has 4 rings (SSSR count). The second kappa shape index (κ2) is 7.25. The van der Waals surface area contributed by atoms with Crippen LogP contribution >= 0.6 is 34.3 Å². The van der Waals surface area contributed by atoms with Crippen LogP contribution in [0, 0.1) is 0 Å². The van der Waals surface area contributed by atoms with Gasteiger partial charge in [-0.2, -0.15) is 0 Å². The number of aromatic nitrogens is 1. The third kappa shape index (κ3) is 3.48. The molecule has 4 heterocycles. The van der Waals surface area contributed by atoms with Gasteiger partial charge >= 0.3 is 0 Å². The number of hydrogen-bond donors (Lipinski definition) is 1. The Morgan fingerprint density at radius 2 is 2.20 bits per heavy atom. The zero-order chi connectivity index (χ0) is 17.2. The molecule has 7 heteroatoms. The third-order valence-corrected chi connectivity index (χ3v) is 6.48. The normalized spacial score (nSPS) is 17.2. The fourth-order valence-electron chi connectivity index (χ4n) is 3.17. The molecule has 3 aromatic heterocycles. The van der Waals surface area contributed by atoms with Crippen molar-refractivity contribution in [3.8, 4) is 0 Å². The van der Waals surface area contributed by atoms with Gasteiger partial charge in [0.2, 0.25) is 5.91 Å². The average molecular weight is 390 g/mol. The Hall–Kier alpha value is -1.73. The van der Waals surface area contributed by atoms with Gasteiger partial charge in [-0.1, -0.05) is 17.7 Å². The molecule has 0 spiro atoms. The molecule has 1 aliphatic rings. The number of nitrogens with one attached hydrogen (secondary N) is 1. The Morgan fingerprint density at radius 1 is 1.28 bits per heavy atom. The predicted molar refractivity (Wildman–Crippen MR) is 104 cm³/mol. The summed E-state index contributed by atoms with van der Waals surface area (Å²) in [7, 11) is 0. The Labute approximate surface area is 159 Å². The second-order valence-corrected chi connectivity index (χ2v) is 8.17. The van der Waals surface area contributed by atoms with Gasteiger partial charge in [-0.05, 0) is 47.0 Å². The number of carbonyl (C=O) groups excluding carboxylic acids is 1. The minimum absolute atomic E-state index is 0.0739. The van der Waals surface area contributed by atoms with Crippen LogP contribution in [0.5, 0.6) is 0 Å². The van der Waals surface area contributed by atoms with Gasteiger partial charge in [0.05, 0.1) is 18.3 Å². The summed E-state index contributed by atoms with van der Waals surface area (Å²) in [6.45, 7) is 1.19. The Bertz CT molecular complexity index is 878. The fourth-order valence-corrected chi connectivity index (χ4v) is 5.12. The van der Waals surface area contributed by atoms with Gasteiger partial charge in [0.1, 0.15) is 0 Å². The van der Waals surface area contributed by atoms with E-state index in [-0.39, 0.29) is 11.9 Å². The summed E-state index contributed by atoms with van der Waals surface area (Å²) in [5.74, 6) is -0.0739. The van der Waals surface area contributed by atoms with Crippen molar-refractivity contribution >= 4 is 45.9 Å². The van der Waals surface area contributed by atoms with Crippen molar-refractivity contribution in [1.29, 1.82) is 0 Å². The molecule has 25 heavy (non-hydrogen) atoms. The van der Waals surface area contributed by atoms with Crippen molar-refractivity contribution in [2.24, 2.45) is 0 Å². The van der Waals surface area contributed by atoms with Crippen molar-refractivity contribution in [1.82, 2.24) is 9.88 Å². The van der Waals surface area contributed by atoms with E-state index in [1.165, 1.54) is 15.3 Å². The van der Waals surface area contributed by atoms with E-state index in [1.807, 2.05) is 0 Å². The van der Waals surface area contributed by atoms with Crippen molar-refractivity contribution in [3.05, 3.63) is 67.8 Å². The maximum absolute atomic E-state index is 12.6. The first-order chi connectivity index (χ1) is 12.2. The van der Waals surface area contributed by atoms with Crippen molar-refractivity contribution in [2.45, 2.75) is 12.5 Å². The molecule has 0 fully saturated rings. The maximum Gasteiger partial charge on any atom is 0.238 e. The molecule has 0 radical (unpaired) electrons. The molecule has 1 N–H and O–H groups in total. The van der Waals surface area contributed by atoms with E-state index in [9.17, 15) is 4.79 Å². The maximum atomic E-state index is 12.6. The van der Waals surface area contributed by atoms with Crippen molar-refractivity contribution in [3.63, 3.8) is 0 Å². The highest BCUT2D eigenvalue weighted by molar-refractivity contribution is 7.10. The number of nitrogens with zero attached hydrogens (tertiary/aromatic N) is 2. The molecule has 0 saturated heterocycles. The number of anilines is 1. The van der Waals surface area contributed by atoms with Crippen LogP contribution in [-0.2, 0) is 11.2 Å². The summed E-state index contributed by atoms with van der Waals surface area (Å²) < 4.78 is 0. The van der Waals surface area contributed by atoms with E-state index in [1.54, 1.807) is 41.0 Å². The van der Waals surface area contributed by atoms with Gasteiger partial charge in [-0.15, -0.1) is 22.7 Å². The minimum Gasteiger partial charge on any atom is -0.322 e. The van der Waals surface area contributed by atoms with Gasteiger partial charge < -0.3 is 5.32 Å². The zero-order valence-electron chi connectivity index (χ0n) is 13.3. The van der Waals surface area contributed by atoms with Gasteiger partial charge in [-0.3, -0.25) is 9.69 Å². The van der Waals surface area contributed by atoms with Gasteiger partial charge in [0, 0.05) is 22.5 Å². The summed E-state index contributed by atoms with van der Waals surface area (Å²) in [4.78, 5) is 21.5. The van der Waals surface area contributed by atoms with Crippen LogP contribution in [0.4, 0.5) is 5.69 Å². The Morgan fingerprint density at radius 3 is 3.00 bits per heavy atom. The lowest BCUT2D eigenvalue weighted by Gasteiger charge is -2.34. The van der Waals surface area contributed by atoms with Gasteiger partial charge in [0.25, 0.3) is 0 Å². The summed E-state index contributed by atoms with van der Waals surface area (Å²) in [5.41, 5.74) is 1.88. The number of hydrogen-bond acceptors (Lipinski definition) is 5. The molecule has 4 nitrogen and oxygen atoms in total. The quantitative estimate of drug-likeness (QED) is 0.671. The largest absolute Gasteiger partial charge is 0.322 e. The topological polar surface area (TPSA) is 45.2 Å². The van der Waals surface area contributed by atoms with E-state index in [2.05, 4.69) is 44.2 Å². The summed E-state index contributed by atoms with van der Waals surface area (Å²) in [5, 5.41) is 7.41. The van der Waals surface area contributed by atoms with Crippen LogP contribution in [0.3, 0.4) is 0 Å². The van der Waals surface area contributed by atoms with E-state index in [0.717, 1.165) is 13.0 Å². The highest BCUT2D eigenvalue weighted by Gasteiger charge is 2.31. The highest BCUT2D eigenvalue weighted by Crippen LogP contribution is 2.39. The van der Waals surface area contributed by atoms with Crippen molar-refractivity contribution < 1.29 is 4.79 Å². The molecule has 0 saturated carbocycles. The molecule has 3 aromatic rings. The highest BCUT2D eigenvalue weighted by atomic mass is 35.5. The summed E-state index contributed by atoms with van der Waals surface area (Å²) in [6.07, 6.45) is 2.59. The molecule has 1 amide bonds. The number of halogens is 1. The number of carbonyl (C=O) groups is 1. The number of amides is 1. The molecule has 0 bridgehead atoms. The van der Waals surface area contributed by atoms with Crippen molar-refractivity contribution in [2.75, 3.05) is 18.4 Å². The minimum atomic E-state index is -0.0739. The van der Waals surface area contributed by atoms with E-state index < -0.39 is 0 Å². The molecule has 1 atom stereocenters. The first-order valence-electron chi connectivity index (χ1n) is 7.96. The van der Waals surface area contributed by atoms with Crippen LogP contribution < -0.4 is 5.32 Å².